The van der Waals surface area contributed by atoms with Gasteiger partial charge in [0.2, 0.25) is 0 Å². The Kier molecular flexibility index (Phi) is 64.6. The molecule has 4 heteroatoms. The van der Waals surface area contributed by atoms with E-state index in [1.165, 1.54) is 0 Å². The van der Waals surface area contributed by atoms with Gasteiger partial charge in [0.05, 0.1) is 0 Å². The lowest BCUT2D eigenvalue weighted by molar-refractivity contribution is 0.0961. The standard InChI is InChI=1S/C93H4.C18H18O2.C17H16O2.CH4/c1-3-5-7-9-11-13-15-17-19-21-23-25-27-29-31-33-35-37-39-41-43-45-47-49-51-53-55-57-59-61-63-65-67-69-71-73-75-77-79-81-83-85-87-89-91-93-92-90-88-86-84-82-80-78-76-74-72-70-68-66-64-62-60-58-56-54-52-50-48-46-44-42-40-38-36-34-32-30-28-26-24-22-20-18-16-14-12-10-8-6-4-2;1-13-10-17(13)18(19)15-8-5-9-16(11-15)20-12-14-6-3-2-4-7-14;1-2-7-17(18)15-10-6-11-16(12-15)19-13-14-8-4-3-5-9-14;/h1-2H2;2-9,11,13,17H,10,12H2,1H3;2-12H,13H2,1H3;1H4/b;;7-2+;. The van der Waals surface area contributed by atoms with E-state index in [9.17, 15) is 9.59 Å². The van der Waals surface area contributed by atoms with Crippen molar-refractivity contribution in [1.29, 1.82) is 0 Å². The summed E-state index contributed by atoms with van der Waals surface area (Å²) in [6.45, 7) is 11.6. The van der Waals surface area contributed by atoms with Gasteiger partial charge in [-0.25, -0.2) is 0 Å². The van der Waals surface area contributed by atoms with Gasteiger partial charge in [-0.1, -0.05) is 117 Å². The van der Waals surface area contributed by atoms with Gasteiger partial charge in [0.15, 0.2) is 11.6 Å². The third-order valence-corrected chi connectivity index (χ3v) is 12.2. The molecule has 0 saturated heterocycles. The summed E-state index contributed by atoms with van der Waals surface area (Å²) >= 11 is 0. The third-order valence-electron chi connectivity index (χ3n) is 12.2. The number of rotatable bonds is 10. The maximum absolute atomic E-state index is 12.2. The molecule has 0 heterocycles. The molecular weight excluding hydrogens is 1610 g/mol. The second-order valence-corrected chi connectivity index (χ2v) is 21.1. The summed E-state index contributed by atoms with van der Waals surface area (Å²) in [5, 5.41) is 0. The molecule has 0 N–H and O–H groups in total. The Morgan fingerprint density at radius 2 is 0.421 bits per heavy atom. The lowest BCUT2D eigenvalue weighted by Crippen LogP contribution is -2.03. The molecule has 133 heavy (non-hydrogen) atoms. The number of ketones is 2. The molecule has 1 fully saturated rings. The van der Waals surface area contributed by atoms with Crippen LogP contribution in [0.2, 0.25) is 0 Å². The fraction of sp³-hybridized carbons (Fsp3) is 0.0620. The Balaban J connectivity index is 0.00000119. The second kappa shape index (κ2) is 82.4. The molecule has 1 aliphatic carbocycles. The topological polar surface area (TPSA) is 52.6 Å². The maximum Gasteiger partial charge on any atom is 0.185 e. The minimum atomic E-state index is -0.00680. The normalized spacial score (nSPS) is 7.35. The van der Waals surface area contributed by atoms with Gasteiger partial charge in [0.1, 0.15) is 24.7 Å². The number of carbonyl (C=O) groups is 2. The Labute approximate surface area is 767 Å². The van der Waals surface area contributed by atoms with Gasteiger partial charge in [-0.05, 0) is 166 Å². The zero-order valence-corrected chi connectivity index (χ0v) is 69.4. The zero-order valence-electron chi connectivity index (χ0n) is 69.4. The predicted molar refractivity (Wildman–Crippen MR) is 493 cm³/mol. The van der Waals surface area contributed by atoms with Crippen LogP contribution >= 0.6 is 0 Å². The van der Waals surface area contributed by atoms with Gasteiger partial charge in [-0.3, -0.25) is 9.59 Å². The number of allylic oxidation sites excluding steroid dienone is 2. The van der Waals surface area contributed by atoms with Crippen LogP contribution in [0.3, 0.4) is 0 Å². The van der Waals surface area contributed by atoms with Crippen molar-refractivity contribution in [2.75, 3.05) is 0 Å². The van der Waals surface area contributed by atoms with Crippen LogP contribution in [-0.4, -0.2) is 11.6 Å². The SMILES string of the molecule is C.C/C=C/C(=O)c1cccc(OCc2ccccc2)c1.C=C=C=C=C=C=C=C=C=C=C=C=C=C=C=C=C=C=C=C=C=C=C=C=C=C=C=C=C=C=C=C=C=C=C=C=C=C=C=C=C=C=C=C=C=C=C=C=C=C=C=C=C=C=C=C=C=C=C=C=C=C=C=C=C=C=C=C=C=C=C=C=C=C=C=C=C=C=C=C=C=C=C=C=C=C=C=C=C=C=C=C=C.CC1CC1C(=O)c1cccc(OCc2ccccc2)c1. The van der Waals surface area contributed by atoms with Crippen LogP contribution in [0.4, 0.5) is 0 Å². The molecule has 0 spiro atoms. The Morgan fingerprint density at radius 1 is 0.256 bits per heavy atom. The molecule has 2 unspecified atom stereocenters. The summed E-state index contributed by atoms with van der Waals surface area (Å²) in [4.78, 5) is 23.9. The molecule has 0 amide bonds. The quantitative estimate of drug-likeness (QED) is 0.0902. The first-order valence-corrected chi connectivity index (χ1v) is 36.5. The molecule has 1 saturated carbocycles. The van der Waals surface area contributed by atoms with Crippen molar-refractivity contribution in [2.24, 2.45) is 11.8 Å². The van der Waals surface area contributed by atoms with Gasteiger partial charge in [0, 0.05) is 435 Å². The molecule has 4 nitrogen and oxygen atoms in total. The molecule has 5 rings (SSSR count). The first-order chi connectivity index (χ1) is 65.4. The van der Waals surface area contributed by atoms with Crippen LogP contribution in [0.15, 0.2) is 656 Å². The molecule has 0 bridgehead atoms. The number of benzene rings is 4. The Hall–Kier alpha value is -24.7. The summed E-state index contributed by atoms with van der Waals surface area (Å²) in [5.74, 6) is 2.47. The number of Topliss-reactive ketones (excluding diaryl/α,β-unsaturated/α-hetero) is 1. The molecular formula is C129H42O4. The van der Waals surface area contributed by atoms with Crippen molar-refractivity contribution in [3.8, 4) is 11.5 Å². The Morgan fingerprint density at radius 3 is 0.586 bits per heavy atom. The lowest BCUT2D eigenvalue weighted by atomic mass is 10.1. The van der Waals surface area contributed by atoms with Crippen LogP contribution in [0.25, 0.3) is 0 Å². The van der Waals surface area contributed by atoms with E-state index in [0.29, 0.717) is 30.4 Å². The van der Waals surface area contributed by atoms with Gasteiger partial charge < -0.3 is 9.47 Å². The van der Waals surface area contributed by atoms with Gasteiger partial charge in [-0.2, -0.15) is 0 Å². The summed E-state index contributed by atoms with van der Waals surface area (Å²) in [5.41, 5.74) is 231. The van der Waals surface area contributed by atoms with E-state index >= 15 is 0 Å². The highest BCUT2D eigenvalue weighted by molar-refractivity contribution is 6.04. The smallest absolute Gasteiger partial charge is 0.185 e. The predicted octanol–water partition coefficient (Wildman–Crippen LogP) is 23.7. The van der Waals surface area contributed by atoms with Crippen molar-refractivity contribution in [2.45, 2.75) is 40.9 Å². The number of ether oxygens (including phenoxy) is 2. The lowest BCUT2D eigenvalue weighted by Gasteiger charge is -2.07. The van der Waals surface area contributed by atoms with Crippen molar-refractivity contribution >= 4 is 11.6 Å². The molecule has 1 aliphatic rings. The van der Waals surface area contributed by atoms with E-state index in [4.69, 9.17) is 9.47 Å². The van der Waals surface area contributed by atoms with E-state index in [-0.39, 0.29) is 24.9 Å². The summed E-state index contributed by atoms with van der Waals surface area (Å²) < 4.78 is 11.4. The van der Waals surface area contributed by atoms with Crippen LogP contribution in [0, 0.1) is 11.8 Å². The van der Waals surface area contributed by atoms with E-state index in [2.05, 4.69) is 542 Å². The zero-order chi connectivity index (χ0) is 93.8. The molecule has 4 aromatic carbocycles. The highest BCUT2D eigenvalue weighted by atomic mass is 16.5. The van der Waals surface area contributed by atoms with Crippen LogP contribution in [-0.2, 0) is 13.2 Å². The van der Waals surface area contributed by atoms with Crippen molar-refractivity contribution < 1.29 is 19.1 Å². The van der Waals surface area contributed by atoms with Gasteiger partial charge >= 0.3 is 0 Å². The van der Waals surface area contributed by atoms with Crippen molar-refractivity contribution in [1.82, 2.24) is 0 Å². The largest absolute Gasteiger partial charge is 0.489 e. The molecule has 2 atom stereocenters. The fourth-order valence-electron chi connectivity index (χ4n) is 6.92. The fourth-order valence-corrected chi connectivity index (χ4v) is 6.92. The Bertz CT molecular complexity index is 9080. The van der Waals surface area contributed by atoms with E-state index in [1.54, 1.807) is 24.3 Å². The number of hydrogen-bond acceptors (Lipinski definition) is 4. The van der Waals surface area contributed by atoms with Crippen molar-refractivity contribution in [3.63, 3.8) is 0 Å². The van der Waals surface area contributed by atoms with Crippen LogP contribution in [0.5, 0.6) is 11.5 Å². The minimum absolute atomic E-state index is 0. The number of hydrogen-bond donors (Lipinski definition) is 0. The van der Waals surface area contributed by atoms with E-state index in [1.807, 2.05) is 104 Å². The maximum atomic E-state index is 12.2. The van der Waals surface area contributed by atoms with E-state index in [0.717, 1.165) is 28.9 Å². The number of carbonyl (C=O) groups excluding carboxylic acids is 2. The molecule has 0 aromatic heterocycles. The summed E-state index contributed by atoms with van der Waals surface area (Å²) in [6.07, 6.45) is 4.31. The van der Waals surface area contributed by atoms with Crippen molar-refractivity contribution in [3.05, 3.63) is 678 Å². The monoisotopic (exact) mass is 1650 g/mol. The van der Waals surface area contributed by atoms with Gasteiger partial charge in [0.25, 0.3) is 0 Å². The highest BCUT2D eigenvalue weighted by Crippen LogP contribution is 2.40. The molecule has 582 valence electrons. The average Bonchev–Trinajstić information content (AvgIpc) is 1.66. The first kappa shape index (κ1) is 104. The minimum Gasteiger partial charge on any atom is -0.489 e. The molecule has 4 aromatic rings. The summed E-state index contributed by atoms with van der Waals surface area (Å²) in [6, 6.07) is 34.7. The van der Waals surface area contributed by atoms with Crippen LogP contribution < -0.4 is 9.47 Å². The molecule has 0 radical (unpaired) electrons. The first-order valence-electron chi connectivity index (χ1n) is 36.5. The average molecular weight is 1660 g/mol. The highest BCUT2D eigenvalue weighted by Gasteiger charge is 2.39. The molecule has 0 aliphatic heterocycles. The van der Waals surface area contributed by atoms with E-state index < -0.39 is 0 Å². The van der Waals surface area contributed by atoms with Crippen LogP contribution in [0.1, 0.15) is 59.5 Å². The second-order valence-electron chi connectivity index (χ2n) is 21.1. The summed E-state index contributed by atoms with van der Waals surface area (Å²) in [7, 11) is 0. The third kappa shape index (κ3) is 68.0. The van der Waals surface area contributed by atoms with Gasteiger partial charge in [-0.15, -0.1) is 0 Å².